The number of fused-ring (bicyclic) bond motifs is 1. The van der Waals surface area contributed by atoms with Crippen molar-refractivity contribution >= 4 is 16.6 Å². The average Bonchev–Trinajstić information content (AvgIpc) is 2.73. The highest BCUT2D eigenvalue weighted by molar-refractivity contribution is 5.87. The van der Waals surface area contributed by atoms with E-state index in [0.29, 0.717) is 6.61 Å². The van der Waals surface area contributed by atoms with Crippen LogP contribution >= 0.6 is 0 Å². The van der Waals surface area contributed by atoms with E-state index >= 15 is 0 Å². The number of aliphatic hydroxyl groups excluding tert-OH is 1. The molecule has 4 nitrogen and oxygen atoms in total. The van der Waals surface area contributed by atoms with E-state index in [0.717, 1.165) is 28.7 Å². The van der Waals surface area contributed by atoms with E-state index in [-0.39, 0.29) is 0 Å². The summed E-state index contributed by atoms with van der Waals surface area (Å²) in [5, 5.41) is 10.9. The van der Waals surface area contributed by atoms with E-state index in [9.17, 15) is 5.11 Å². The third-order valence-corrected chi connectivity index (χ3v) is 3.53. The first-order valence-corrected chi connectivity index (χ1v) is 6.51. The van der Waals surface area contributed by atoms with Crippen LogP contribution in [0.15, 0.2) is 24.4 Å². The molecule has 0 aliphatic carbocycles. The van der Waals surface area contributed by atoms with Gasteiger partial charge in [0.15, 0.2) is 0 Å². The Labute approximate surface area is 114 Å². The number of anilines is 1. The molecule has 0 fully saturated rings. The van der Waals surface area contributed by atoms with Crippen molar-refractivity contribution in [2.45, 2.75) is 13.0 Å². The minimum Gasteiger partial charge on any atom is -0.389 e. The second-order valence-electron chi connectivity index (χ2n) is 4.99. The van der Waals surface area contributed by atoms with Crippen LogP contribution in [0.3, 0.4) is 0 Å². The number of hydrogen-bond acceptors (Lipinski definition) is 3. The van der Waals surface area contributed by atoms with E-state index in [1.54, 1.807) is 14.0 Å². The summed E-state index contributed by atoms with van der Waals surface area (Å²) in [6.45, 7) is 3.36. The maximum Gasteiger partial charge on any atom is 0.0782 e. The Balaban J connectivity index is 2.38. The van der Waals surface area contributed by atoms with Crippen LogP contribution in [0.25, 0.3) is 10.9 Å². The molecule has 104 valence electrons. The fourth-order valence-corrected chi connectivity index (χ4v) is 2.33. The number of methoxy groups -OCH3 is 1. The van der Waals surface area contributed by atoms with Crippen molar-refractivity contribution in [2.75, 3.05) is 32.2 Å². The number of nitrogens with zero attached hydrogens (tertiary/aromatic N) is 2. The molecule has 4 heteroatoms. The Hall–Kier alpha value is -1.52. The zero-order chi connectivity index (χ0) is 14.0. The molecule has 0 radical (unpaired) electrons. The number of benzene rings is 1. The van der Waals surface area contributed by atoms with Crippen LogP contribution in [0.4, 0.5) is 5.69 Å². The van der Waals surface area contributed by atoms with Crippen molar-refractivity contribution in [3.05, 3.63) is 30.0 Å². The maximum atomic E-state index is 9.79. The lowest BCUT2D eigenvalue weighted by Crippen LogP contribution is -2.21. The van der Waals surface area contributed by atoms with Gasteiger partial charge in [-0.25, -0.2) is 0 Å². The molecule has 1 unspecified atom stereocenters. The molecule has 1 aromatic carbocycles. The number of ether oxygens (including phenoxy) is 1. The van der Waals surface area contributed by atoms with Crippen molar-refractivity contribution in [2.24, 2.45) is 7.05 Å². The van der Waals surface area contributed by atoms with Gasteiger partial charge in [-0.1, -0.05) is 6.07 Å². The largest absolute Gasteiger partial charge is 0.389 e. The smallest absolute Gasteiger partial charge is 0.0782 e. The zero-order valence-corrected chi connectivity index (χ0v) is 12.1. The van der Waals surface area contributed by atoms with Crippen LogP contribution in [0.2, 0.25) is 0 Å². The molecule has 1 aromatic heterocycles. The van der Waals surface area contributed by atoms with E-state index in [1.807, 2.05) is 13.2 Å². The first-order valence-electron chi connectivity index (χ1n) is 6.51. The summed E-state index contributed by atoms with van der Waals surface area (Å²) in [6.07, 6.45) is 1.55. The fraction of sp³-hybridized carbons (Fsp3) is 0.467. The van der Waals surface area contributed by atoms with E-state index < -0.39 is 6.10 Å². The number of hydrogen-bond donors (Lipinski definition) is 1. The first-order chi connectivity index (χ1) is 9.04. The van der Waals surface area contributed by atoms with Crippen molar-refractivity contribution in [3.8, 4) is 0 Å². The molecule has 0 saturated carbocycles. The van der Waals surface area contributed by atoms with Gasteiger partial charge >= 0.3 is 0 Å². The number of aromatic nitrogens is 1. The maximum absolute atomic E-state index is 9.79. The normalized spacial score (nSPS) is 12.9. The summed E-state index contributed by atoms with van der Waals surface area (Å²) in [6, 6.07) is 6.32. The van der Waals surface area contributed by atoms with Crippen LogP contribution in [0.1, 0.15) is 18.6 Å². The summed E-state index contributed by atoms with van der Waals surface area (Å²) < 4.78 is 7.16. The first kappa shape index (κ1) is 13.9. The van der Waals surface area contributed by atoms with Crippen LogP contribution in [-0.4, -0.2) is 37.0 Å². The Morgan fingerprint density at radius 1 is 1.42 bits per heavy atom. The predicted molar refractivity (Wildman–Crippen MR) is 78.7 cm³/mol. The molecule has 2 rings (SSSR count). The van der Waals surface area contributed by atoms with Gasteiger partial charge in [0.05, 0.1) is 18.2 Å². The molecule has 2 aromatic rings. The number of rotatable bonds is 5. The second kappa shape index (κ2) is 5.63. The monoisotopic (exact) mass is 262 g/mol. The Morgan fingerprint density at radius 3 is 2.79 bits per heavy atom. The predicted octanol–water partition coefficient (Wildman–Crippen LogP) is 2.31. The summed E-state index contributed by atoms with van der Waals surface area (Å²) in [5.74, 6) is 0. The van der Waals surface area contributed by atoms with Gasteiger partial charge in [0.25, 0.3) is 0 Å². The van der Waals surface area contributed by atoms with Crippen LogP contribution in [-0.2, 0) is 11.8 Å². The SMILES string of the molecule is COCCN(C)c1ccc2c(C(C)O)cn(C)c2c1. The standard InChI is InChI=1S/C15H22N2O2/c1-11(18)14-10-17(3)15-9-12(5-6-13(14)15)16(2)7-8-19-4/h5-6,9-11,18H,7-8H2,1-4H3. The summed E-state index contributed by atoms with van der Waals surface area (Å²) >= 11 is 0. The topological polar surface area (TPSA) is 37.6 Å². The van der Waals surface area contributed by atoms with E-state index in [1.165, 1.54) is 0 Å². The summed E-state index contributed by atoms with van der Waals surface area (Å²) in [4.78, 5) is 2.16. The fourth-order valence-electron chi connectivity index (χ4n) is 2.33. The average molecular weight is 262 g/mol. The Morgan fingerprint density at radius 2 is 2.16 bits per heavy atom. The highest BCUT2D eigenvalue weighted by atomic mass is 16.5. The lowest BCUT2D eigenvalue weighted by atomic mass is 10.1. The molecule has 1 heterocycles. The third kappa shape index (κ3) is 2.74. The van der Waals surface area contributed by atoms with Gasteiger partial charge in [-0.3, -0.25) is 0 Å². The van der Waals surface area contributed by atoms with Gasteiger partial charge < -0.3 is 19.3 Å². The molecule has 19 heavy (non-hydrogen) atoms. The van der Waals surface area contributed by atoms with Gasteiger partial charge in [0.1, 0.15) is 0 Å². The summed E-state index contributed by atoms with van der Waals surface area (Å²) in [5.41, 5.74) is 3.27. The van der Waals surface area contributed by atoms with Gasteiger partial charge in [-0.15, -0.1) is 0 Å². The number of likely N-dealkylation sites (N-methyl/N-ethyl adjacent to an activating group) is 1. The highest BCUT2D eigenvalue weighted by Gasteiger charge is 2.12. The number of aliphatic hydroxyl groups is 1. The van der Waals surface area contributed by atoms with Crippen LogP contribution < -0.4 is 4.90 Å². The van der Waals surface area contributed by atoms with Crippen molar-refractivity contribution < 1.29 is 9.84 Å². The second-order valence-corrected chi connectivity index (χ2v) is 4.99. The van der Waals surface area contributed by atoms with Gasteiger partial charge in [-0.2, -0.15) is 0 Å². The molecule has 0 bridgehead atoms. The molecule has 1 atom stereocenters. The third-order valence-electron chi connectivity index (χ3n) is 3.53. The van der Waals surface area contributed by atoms with Crippen LogP contribution in [0.5, 0.6) is 0 Å². The molecule has 0 saturated heterocycles. The Bertz CT molecular complexity index is 561. The molecule has 0 amide bonds. The van der Waals surface area contributed by atoms with Gasteiger partial charge in [0.2, 0.25) is 0 Å². The van der Waals surface area contributed by atoms with Crippen LogP contribution in [0, 0.1) is 0 Å². The lowest BCUT2D eigenvalue weighted by Gasteiger charge is -2.19. The summed E-state index contributed by atoms with van der Waals surface area (Å²) in [7, 11) is 5.77. The zero-order valence-electron chi connectivity index (χ0n) is 12.1. The molecular formula is C15H22N2O2. The minimum absolute atomic E-state index is 0.444. The lowest BCUT2D eigenvalue weighted by molar-refractivity contribution is 0.200. The Kier molecular flexibility index (Phi) is 4.12. The van der Waals surface area contributed by atoms with E-state index in [2.05, 4.69) is 34.7 Å². The molecule has 0 aliphatic heterocycles. The minimum atomic E-state index is -0.444. The van der Waals surface area contributed by atoms with Crippen molar-refractivity contribution in [1.29, 1.82) is 0 Å². The van der Waals surface area contributed by atoms with E-state index in [4.69, 9.17) is 4.74 Å². The molecular weight excluding hydrogens is 240 g/mol. The van der Waals surface area contributed by atoms with Gasteiger partial charge in [-0.05, 0) is 19.1 Å². The molecule has 0 spiro atoms. The molecule has 0 aliphatic rings. The quantitative estimate of drug-likeness (QED) is 0.898. The van der Waals surface area contributed by atoms with Crippen molar-refractivity contribution in [3.63, 3.8) is 0 Å². The molecule has 1 N–H and O–H groups in total. The van der Waals surface area contributed by atoms with Crippen molar-refractivity contribution in [1.82, 2.24) is 4.57 Å². The highest BCUT2D eigenvalue weighted by Crippen LogP contribution is 2.29. The number of aryl methyl sites for hydroxylation is 1. The van der Waals surface area contributed by atoms with Gasteiger partial charge in [0, 0.05) is 50.6 Å².